The van der Waals surface area contributed by atoms with E-state index in [0.717, 1.165) is 22.9 Å². The SMILES string of the molecule is O=C1NC(=NC(=O)c2ccccc2)S/C1=C\c1cc(Br)c(OCc2ccc([N+](=O)[O-])cc2)c(Br)c1. The Morgan fingerprint density at radius 1 is 1.09 bits per heavy atom. The van der Waals surface area contributed by atoms with Crippen LogP contribution < -0.4 is 10.1 Å². The Hall–Kier alpha value is -3.28. The van der Waals surface area contributed by atoms with Crippen LogP contribution in [0.4, 0.5) is 5.69 Å². The number of amidine groups is 1. The van der Waals surface area contributed by atoms with Gasteiger partial charge in [0, 0.05) is 17.7 Å². The zero-order valence-electron chi connectivity index (χ0n) is 17.7. The first-order chi connectivity index (χ1) is 16.8. The minimum atomic E-state index is -0.454. The number of ether oxygens (including phenoxy) is 1. The quantitative estimate of drug-likeness (QED) is 0.204. The predicted molar refractivity (Wildman–Crippen MR) is 141 cm³/mol. The second-order valence-corrected chi connectivity index (χ2v) is 9.92. The largest absolute Gasteiger partial charge is 0.487 e. The Bertz CT molecular complexity index is 1350. The fraction of sp³-hybridized carbons (Fsp3) is 0.0417. The Morgan fingerprint density at radius 3 is 2.37 bits per heavy atom. The standard InChI is InChI=1S/C24H15Br2N3O5S/c25-18-10-15(11-19(26)21(18)34-13-14-6-8-17(9-7-14)29(32)33)12-20-23(31)28-24(35-20)27-22(30)16-4-2-1-3-5-16/h1-12H,13H2,(H,27,28,30,31)/b20-12-. The molecule has 4 rings (SSSR count). The van der Waals surface area contributed by atoms with Crippen molar-refractivity contribution in [1.29, 1.82) is 0 Å². The number of nitro benzene ring substituents is 1. The topological polar surface area (TPSA) is 111 Å². The third kappa shape index (κ3) is 6.24. The molecule has 1 fully saturated rings. The van der Waals surface area contributed by atoms with Crippen LogP contribution in [-0.4, -0.2) is 21.9 Å². The number of thioether (sulfide) groups is 1. The monoisotopic (exact) mass is 615 g/mol. The molecule has 0 aromatic heterocycles. The summed E-state index contributed by atoms with van der Waals surface area (Å²) in [6.07, 6.45) is 1.69. The van der Waals surface area contributed by atoms with Gasteiger partial charge in [0.15, 0.2) is 5.17 Å². The highest BCUT2D eigenvalue weighted by molar-refractivity contribution is 9.11. The number of rotatable bonds is 6. The van der Waals surface area contributed by atoms with Crippen LogP contribution in [0.3, 0.4) is 0 Å². The maximum absolute atomic E-state index is 12.4. The molecule has 0 saturated carbocycles. The van der Waals surface area contributed by atoms with Crippen LogP contribution in [0.25, 0.3) is 6.08 Å². The minimum absolute atomic E-state index is 0.0138. The van der Waals surface area contributed by atoms with Crippen molar-refractivity contribution >= 4 is 72.4 Å². The van der Waals surface area contributed by atoms with Crippen LogP contribution in [0.2, 0.25) is 0 Å². The normalized spacial score (nSPS) is 15.3. The van der Waals surface area contributed by atoms with Crippen LogP contribution >= 0.6 is 43.6 Å². The van der Waals surface area contributed by atoms with Gasteiger partial charge in [0.05, 0.1) is 18.8 Å². The summed E-state index contributed by atoms with van der Waals surface area (Å²) in [5.74, 6) is -0.236. The van der Waals surface area contributed by atoms with E-state index in [4.69, 9.17) is 4.74 Å². The molecule has 0 bridgehead atoms. The van der Waals surface area contributed by atoms with Gasteiger partial charge in [-0.25, -0.2) is 0 Å². The Labute approximate surface area is 220 Å². The first kappa shape index (κ1) is 24.8. The summed E-state index contributed by atoms with van der Waals surface area (Å²) in [4.78, 5) is 39.4. The smallest absolute Gasteiger partial charge is 0.279 e. The van der Waals surface area contributed by atoms with E-state index in [-0.39, 0.29) is 23.4 Å². The molecular formula is C24H15Br2N3O5S. The number of halogens is 2. The van der Waals surface area contributed by atoms with Crippen molar-refractivity contribution < 1.29 is 19.2 Å². The van der Waals surface area contributed by atoms with Gasteiger partial charge >= 0.3 is 0 Å². The molecule has 2 amide bonds. The van der Waals surface area contributed by atoms with Crippen molar-refractivity contribution in [3.63, 3.8) is 0 Å². The third-order valence-corrected chi connectivity index (χ3v) is 6.81. The van der Waals surface area contributed by atoms with Crippen LogP contribution in [0.15, 0.2) is 85.6 Å². The van der Waals surface area contributed by atoms with E-state index in [0.29, 0.717) is 25.2 Å². The van der Waals surface area contributed by atoms with Gasteiger partial charge in [-0.05, 0) is 97.2 Å². The molecule has 35 heavy (non-hydrogen) atoms. The lowest BCUT2D eigenvalue weighted by molar-refractivity contribution is -0.384. The van der Waals surface area contributed by atoms with Gasteiger partial charge in [-0.15, -0.1) is 0 Å². The molecule has 1 heterocycles. The molecule has 8 nitrogen and oxygen atoms in total. The van der Waals surface area contributed by atoms with Gasteiger partial charge in [0.2, 0.25) is 0 Å². The summed E-state index contributed by atoms with van der Waals surface area (Å²) in [7, 11) is 0. The number of nitro groups is 1. The number of hydrogen-bond acceptors (Lipinski definition) is 6. The number of carbonyl (C=O) groups excluding carboxylic acids is 2. The second-order valence-electron chi connectivity index (χ2n) is 7.18. The minimum Gasteiger partial charge on any atom is -0.487 e. The number of benzene rings is 3. The maximum atomic E-state index is 12.4. The van der Waals surface area contributed by atoms with Gasteiger partial charge < -0.3 is 10.1 Å². The predicted octanol–water partition coefficient (Wildman–Crippen LogP) is 6.10. The molecule has 3 aromatic carbocycles. The first-order valence-corrected chi connectivity index (χ1v) is 12.4. The second kappa shape index (κ2) is 11.0. The zero-order valence-corrected chi connectivity index (χ0v) is 21.7. The van der Waals surface area contributed by atoms with E-state index in [1.54, 1.807) is 60.7 Å². The van der Waals surface area contributed by atoms with E-state index in [2.05, 4.69) is 42.2 Å². The average molecular weight is 617 g/mol. The molecule has 11 heteroatoms. The van der Waals surface area contributed by atoms with Gasteiger partial charge in [-0.3, -0.25) is 19.7 Å². The molecule has 1 aliphatic rings. The van der Waals surface area contributed by atoms with Crippen LogP contribution in [0, 0.1) is 10.1 Å². The summed E-state index contributed by atoms with van der Waals surface area (Å²) in [6, 6.07) is 18.3. The summed E-state index contributed by atoms with van der Waals surface area (Å²) >= 11 is 8.06. The Morgan fingerprint density at radius 2 is 1.74 bits per heavy atom. The molecule has 0 atom stereocenters. The molecule has 1 aliphatic heterocycles. The Balaban J connectivity index is 1.46. The zero-order chi connectivity index (χ0) is 24.9. The third-order valence-electron chi connectivity index (χ3n) is 4.72. The van der Waals surface area contributed by atoms with E-state index >= 15 is 0 Å². The molecule has 1 N–H and O–H groups in total. The van der Waals surface area contributed by atoms with Crippen molar-refractivity contribution in [2.45, 2.75) is 6.61 Å². The number of nitrogens with one attached hydrogen (secondary N) is 1. The van der Waals surface area contributed by atoms with Gasteiger partial charge in [-0.1, -0.05) is 18.2 Å². The van der Waals surface area contributed by atoms with E-state index in [9.17, 15) is 19.7 Å². The number of aliphatic imine (C=N–C) groups is 1. The molecule has 3 aromatic rings. The Kier molecular flexibility index (Phi) is 7.79. The van der Waals surface area contributed by atoms with Crippen LogP contribution in [-0.2, 0) is 11.4 Å². The number of non-ortho nitro benzene ring substituents is 1. The van der Waals surface area contributed by atoms with Crippen LogP contribution in [0.1, 0.15) is 21.5 Å². The van der Waals surface area contributed by atoms with E-state index in [1.165, 1.54) is 12.1 Å². The summed E-state index contributed by atoms with van der Waals surface area (Å²) in [5, 5.41) is 13.6. The highest BCUT2D eigenvalue weighted by atomic mass is 79.9. The average Bonchev–Trinajstić information content (AvgIpc) is 3.17. The van der Waals surface area contributed by atoms with Gasteiger partial charge in [0.1, 0.15) is 12.4 Å². The molecule has 0 spiro atoms. The molecule has 0 radical (unpaired) electrons. The highest BCUT2D eigenvalue weighted by Gasteiger charge is 2.25. The molecule has 176 valence electrons. The van der Waals surface area contributed by atoms with Crippen molar-refractivity contribution in [1.82, 2.24) is 5.32 Å². The fourth-order valence-electron chi connectivity index (χ4n) is 3.04. The van der Waals surface area contributed by atoms with Crippen LogP contribution in [0.5, 0.6) is 5.75 Å². The fourth-order valence-corrected chi connectivity index (χ4v) is 5.31. The highest BCUT2D eigenvalue weighted by Crippen LogP contribution is 2.37. The van der Waals surface area contributed by atoms with Crippen molar-refractivity contribution in [2.24, 2.45) is 4.99 Å². The lowest BCUT2D eigenvalue weighted by Crippen LogP contribution is -2.20. The maximum Gasteiger partial charge on any atom is 0.279 e. The van der Waals surface area contributed by atoms with Crippen molar-refractivity contribution in [2.75, 3.05) is 0 Å². The van der Waals surface area contributed by atoms with Gasteiger partial charge in [-0.2, -0.15) is 4.99 Å². The summed E-state index contributed by atoms with van der Waals surface area (Å²) < 4.78 is 7.18. The number of hydrogen-bond donors (Lipinski definition) is 1. The van der Waals surface area contributed by atoms with E-state index in [1.807, 2.05) is 0 Å². The first-order valence-electron chi connectivity index (χ1n) is 10.0. The molecule has 0 aliphatic carbocycles. The number of carbonyl (C=O) groups is 2. The van der Waals surface area contributed by atoms with E-state index < -0.39 is 10.8 Å². The number of amides is 2. The van der Waals surface area contributed by atoms with Crippen molar-refractivity contribution in [3.8, 4) is 5.75 Å². The molecular weight excluding hydrogens is 602 g/mol. The molecule has 0 unspecified atom stereocenters. The lowest BCUT2D eigenvalue weighted by Gasteiger charge is -2.11. The number of nitrogens with zero attached hydrogens (tertiary/aromatic N) is 2. The summed E-state index contributed by atoms with van der Waals surface area (Å²) in [5.41, 5.74) is 1.95. The summed E-state index contributed by atoms with van der Waals surface area (Å²) in [6.45, 7) is 0.211. The lowest BCUT2D eigenvalue weighted by atomic mass is 10.2. The van der Waals surface area contributed by atoms with Crippen molar-refractivity contribution in [3.05, 3.63) is 107 Å². The molecule has 1 saturated heterocycles. The van der Waals surface area contributed by atoms with Gasteiger partial charge in [0.25, 0.3) is 17.5 Å².